The van der Waals surface area contributed by atoms with E-state index in [4.69, 9.17) is 4.74 Å². The minimum Gasteiger partial charge on any atom is -0.451 e. The summed E-state index contributed by atoms with van der Waals surface area (Å²) in [6.45, 7) is 7.63. The Morgan fingerprint density at radius 3 is 2.34 bits per heavy atom. The molecule has 1 atom stereocenters. The minimum atomic E-state index is -0.912. The van der Waals surface area contributed by atoms with Crippen molar-refractivity contribution in [1.29, 1.82) is 0 Å². The molecule has 0 radical (unpaired) electrons. The molecule has 29 heavy (non-hydrogen) atoms. The predicted octanol–water partition coefficient (Wildman–Crippen LogP) is 3.72. The predicted molar refractivity (Wildman–Crippen MR) is 111 cm³/mol. The van der Waals surface area contributed by atoms with Gasteiger partial charge in [-0.25, -0.2) is 9.78 Å². The molecule has 1 aromatic heterocycles. The summed E-state index contributed by atoms with van der Waals surface area (Å²) >= 11 is 0. The summed E-state index contributed by atoms with van der Waals surface area (Å²) in [5.74, 6) is -0.859. The maximum Gasteiger partial charge on any atom is 0.338 e. The van der Waals surface area contributed by atoms with Crippen LogP contribution in [-0.4, -0.2) is 27.4 Å². The topological polar surface area (TPSA) is 78.3 Å². The van der Waals surface area contributed by atoms with E-state index in [1.807, 2.05) is 26.0 Å². The van der Waals surface area contributed by atoms with Crippen LogP contribution in [0.2, 0.25) is 0 Å². The number of nitrogens with zero attached hydrogens (tertiary/aromatic N) is 2. The maximum atomic E-state index is 12.6. The van der Waals surface area contributed by atoms with Crippen molar-refractivity contribution in [3.63, 3.8) is 0 Å². The number of ether oxygens (including phenoxy) is 1. The monoisotopic (exact) mass is 392 g/mol. The van der Waals surface area contributed by atoms with Gasteiger partial charge in [-0.15, -0.1) is 0 Å². The number of aromatic nitrogens is 2. The normalized spacial score (nSPS) is 12.0. The van der Waals surface area contributed by atoms with Gasteiger partial charge in [-0.2, -0.15) is 0 Å². The van der Waals surface area contributed by atoms with Crippen molar-refractivity contribution < 1.29 is 14.3 Å². The number of carbonyl (C=O) groups excluding carboxylic acids is 2. The Bertz CT molecular complexity index is 1130. The van der Waals surface area contributed by atoms with Gasteiger partial charge >= 0.3 is 5.97 Å². The molecule has 0 spiro atoms. The van der Waals surface area contributed by atoms with E-state index in [2.05, 4.69) is 4.98 Å². The van der Waals surface area contributed by atoms with E-state index in [9.17, 15) is 14.4 Å². The Morgan fingerprint density at radius 2 is 1.72 bits per heavy atom. The fourth-order valence-corrected chi connectivity index (χ4v) is 3.24. The maximum absolute atomic E-state index is 12.6. The van der Waals surface area contributed by atoms with Gasteiger partial charge < -0.3 is 9.30 Å². The summed E-state index contributed by atoms with van der Waals surface area (Å²) in [5.41, 5.74) is 3.33. The Kier molecular flexibility index (Phi) is 5.92. The standard InChI is InChI=1S/C23H24N2O4/c1-5-16-7-9-17(10-8-16)21(26)15(4)29-23(28)18-11-12-20-19(13-18)24-14(3)22(27)25(20)6-2/h7-13,15H,5-6H2,1-4H3/t15-/m0/s1. The molecule has 0 bridgehead atoms. The summed E-state index contributed by atoms with van der Waals surface area (Å²) in [6, 6.07) is 12.1. The third kappa shape index (κ3) is 4.11. The number of rotatable bonds is 6. The molecule has 0 unspecified atom stereocenters. The third-order valence-corrected chi connectivity index (χ3v) is 4.96. The molecule has 2 aromatic carbocycles. The minimum absolute atomic E-state index is 0.149. The Balaban J connectivity index is 1.82. The van der Waals surface area contributed by atoms with Crippen LogP contribution < -0.4 is 5.56 Å². The van der Waals surface area contributed by atoms with Crippen LogP contribution >= 0.6 is 0 Å². The molecule has 0 saturated carbocycles. The number of hydrogen-bond donors (Lipinski definition) is 0. The highest BCUT2D eigenvalue weighted by Crippen LogP contribution is 2.16. The molecule has 0 aliphatic heterocycles. The number of fused-ring (bicyclic) bond motifs is 1. The average molecular weight is 392 g/mol. The van der Waals surface area contributed by atoms with Gasteiger partial charge in [-0.05, 0) is 51.0 Å². The lowest BCUT2D eigenvalue weighted by atomic mass is 10.0. The summed E-state index contributed by atoms with van der Waals surface area (Å²) in [5, 5.41) is 0. The SMILES string of the molecule is CCc1ccc(C(=O)[C@H](C)OC(=O)c2ccc3c(c2)nc(C)c(=O)n3CC)cc1. The fourth-order valence-electron chi connectivity index (χ4n) is 3.24. The molecule has 0 aliphatic carbocycles. The zero-order valence-corrected chi connectivity index (χ0v) is 17.1. The summed E-state index contributed by atoms with van der Waals surface area (Å²) < 4.78 is 6.99. The molecular weight excluding hydrogens is 368 g/mol. The van der Waals surface area contributed by atoms with Crippen molar-refractivity contribution >= 4 is 22.8 Å². The van der Waals surface area contributed by atoms with Crippen LogP contribution in [0.3, 0.4) is 0 Å². The van der Waals surface area contributed by atoms with Crippen molar-refractivity contribution in [1.82, 2.24) is 9.55 Å². The van der Waals surface area contributed by atoms with Crippen LogP contribution in [0, 0.1) is 6.92 Å². The molecule has 1 heterocycles. The van der Waals surface area contributed by atoms with Crippen LogP contribution in [0.25, 0.3) is 11.0 Å². The second-order valence-corrected chi connectivity index (χ2v) is 6.91. The second-order valence-electron chi connectivity index (χ2n) is 6.91. The molecule has 0 fully saturated rings. The highest BCUT2D eigenvalue weighted by atomic mass is 16.5. The Labute approximate surface area is 169 Å². The van der Waals surface area contributed by atoms with Crippen LogP contribution in [0.5, 0.6) is 0 Å². The first kappa shape index (κ1) is 20.5. The van der Waals surface area contributed by atoms with E-state index < -0.39 is 12.1 Å². The molecule has 6 nitrogen and oxygen atoms in total. The quantitative estimate of drug-likeness (QED) is 0.472. The molecule has 0 saturated heterocycles. The third-order valence-electron chi connectivity index (χ3n) is 4.96. The van der Waals surface area contributed by atoms with Gasteiger partial charge in [0.25, 0.3) is 5.56 Å². The fraction of sp³-hybridized carbons (Fsp3) is 0.304. The number of hydrogen-bond acceptors (Lipinski definition) is 5. The first-order valence-corrected chi connectivity index (χ1v) is 9.71. The van der Waals surface area contributed by atoms with Gasteiger partial charge in [-0.3, -0.25) is 9.59 Å². The molecule has 0 aliphatic rings. The van der Waals surface area contributed by atoms with Gasteiger partial charge in [-0.1, -0.05) is 31.2 Å². The lowest BCUT2D eigenvalue weighted by Crippen LogP contribution is -2.25. The largest absolute Gasteiger partial charge is 0.451 e. The number of benzene rings is 2. The second kappa shape index (κ2) is 8.39. The van der Waals surface area contributed by atoms with Crippen LogP contribution in [0.15, 0.2) is 47.3 Å². The van der Waals surface area contributed by atoms with Crippen molar-refractivity contribution in [3.05, 3.63) is 75.2 Å². The summed E-state index contributed by atoms with van der Waals surface area (Å²) in [7, 11) is 0. The summed E-state index contributed by atoms with van der Waals surface area (Å²) in [4.78, 5) is 41.6. The molecule has 150 valence electrons. The van der Waals surface area contributed by atoms with Gasteiger partial charge in [0, 0.05) is 12.1 Å². The molecular formula is C23H24N2O4. The van der Waals surface area contributed by atoms with Crippen molar-refractivity contribution in [2.75, 3.05) is 0 Å². The number of ketones is 1. The van der Waals surface area contributed by atoms with Crippen molar-refractivity contribution in [2.45, 2.75) is 46.8 Å². The summed E-state index contributed by atoms with van der Waals surface area (Å²) in [6.07, 6.45) is -0.0228. The van der Waals surface area contributed by atoms with Crippen molar-refractivity contribution in [2.24, 2.45) is 0 Å². The zero-order valence-electron chi connectivity index (χ0n) is 17.1. The molecule has 0 amide bonds. The lowest BCUT2D eigenvalue weighted by Gasteiger charge is -2.14. The zero-order chi connectivity index (χ0) is 21.1. The van der Waals surface area contributed by atoms with Crippen LogP contribution in [0.4, 0.5) is 0 Å². The average Bonchev–Trinajstić information content (AvgIpc) is 2.73. The van der Waals surface area contributed by atoms with E-state index in [0.29, 0.717) is 28.8 Å². The van der Waals surface area contributed by atoms with Gasteiger partial charge in [0.05, 0.1) is 16.6 Å². The molecule has 3 aromatic rings. The van der Waals surface area contributed by atoms with E-state index in [1.54, 1.807) is 48.7 Å². The van der Waals surface area contributed by atoms with Crippen LogP contribution in [0.1, 0.15) is 52.7 Å². The highest BCUT2D eigenvalue weighted by molar-refractivity contribution is 6.02. The van der Waals surface area contributed by atoms with E-state index in [0.717, 1.165) is 12.0 Å². The van der Waals surface area contributed by atoms with E-state index >= 15 is 0 Å². The molecule has 6 heteroatoms. The van der Waals surface area contributed by atoms with Gasteiger partial charge in [0.1, 0.15) is 5.69 Å². The highest BCUT2D eigenvalue weighted by Gasteiger charge is 2.21. The van der Waals surface area contributed by atoms with Crippen LogP contribution in [-0.2, 0) is 17.7 Å². The molecule has 3 rings (SSSR count). The molecule has 0 N–H and O–H groups in total. The van der Waals surface area contributed by atoms with Gasteiger partial charge in [0.2, 0.25) is 5.78 Å². The number of carbonyl (C=O) groups is 2. The van der Waals surface area contributed by atoms with Gasteiger partial charge in [0.15, 0.2) is 6.10 Å². The number of Topliss-reactive ketones (excluding diaryl/α,β-unsaturated/α-hetero) is 1. The Morgan fingerprint density at radius 1 is 1.07 bits per heavy atom. The van der Waals surface area contributed by atoms with E-state index in [-0.39, 0.29) is 16.9 Å². The van der Waals surface area contributed by atoms with Crippen molar-refractivity contribution in [3.8, 4) is 0 Å². The lowest BCUT2D eigenvalue weighted by molar-refractivity contribution is 0.0319. The first-order valence-electron chi connectivity index (χ1n) is 9.71. The van der Waals surface area contributed by atoms with E-state index in [1.165, 1.54) is 0 Å². The smallest absolute Gasteiger partial charge is 0.338 e. The number of aryl methyl sites for hydroxylation is 3. The number of esters is 1. The first-order chi connectivity index (χ1) is 13.8. The Hall–Kier alpha value is -3.28.